The topological polar surface area (TPSA) is 53.7 Å². The lowest BCUT2D eigenvalue weighted by atomic mass is 9.81. The first kappa shape index (κ1) is 12.2. The normalized spacial score (nSPS) is 23.8. The number of hydrogen-bond donors (Lipinski definition) is 1. The fraction of sp³-hybridized carbons (Fsp3) is 0.615. The van der Waals surface area contributed by atoms with Crippen LogP contribution in [0, 0.1) is 12.3 Å². The molecule has 4 heteroatoms. The fourth-order valence-electron chi connectivity index (χ4n) is 2.22. The van der Waals surface area contributed by atoms with Crippen molar-refractivity contribution in [3.05, 3.63) is 23.7 Å². The van der Waals surface area contributed by atoms with Crippen LogP contribution < -0.4 is 0 Å². The Bertz CT molecular complexity index is 422. The van der Waals surface area contributed by atoms with Crippen molar-refractivity contribution in [2.24, 2.45) is 5.41 Å². The first-order valence-electron chi connectivity index (χ1n) is 5.94. The standard InChI is InChI=1S/C13H19NO3/c1-9-4-5-10(17-9)12(16)14-7-6-11(15)13(2,3)8-14/h4-5,11,15H,6-8H2,1-3H3. The molecule has 2 rings (SSSR count). The number of piperidine rings is 1. The number of carbonyl (C=O) groups excluding carboxylic acids is 1. The summed E-state index contributed by atoms with van der Waals surface area (Å²) in [5, 5.41) is 9.85. The Balaban J connectivity index is 2.11. The molecule has 1 aliphatic heterocycles. The van der Waals surface area contributed by atoms with Gasteiger partial charge in [-0.3, -0.25) is 4.79 Å². The molecule has 0 spiro atoms. The van der Waals surface area contributed by atoms with Crippen LogP contribution in [0.5, 0.6) is 0 Å². The molecule has 17 heavy (non-hydrogen) atoms. The van der Waals surface area contributed by atoms with Crippen molar-refractivity contribution in [3.63, 3.8) is 0 Å². The second-order valence-corrected chi connectivity index (χ2v) is 5.43. The number of rotatable bonds is 1. The van der Waals surface area contributed by atoms with E-state index in [1.165, 1.54) is 0 Å². The van der Waals surface area contributed by atoms with Gasteiger partial charge in [0.2, 0.25) is 0 Å². The van der Waals surface area contributed by atoms with Gasteiger partial charge < -0.3 is 14.4 Å². The summed E-state index contributed by atoms with van der Waals surface area (Å²) in [7, 11) is 0. The molecule has 0 aliphatic carbocycles. The van der Waals surface area contributed by atoms with Gasteiger partial charge in [0.05, 0.1) is 6.10 Å². The summed E-state index contributed by atoms with van der Waals surface area (Å²) in [5.74, 6) is 1.04. The monoisotopic (exact) mass is 237 g/mol. The van der Waals surface area contributed by atoms with Crippen LogP contribution in [0.25, 0.3) is 0 Å². The third-order valence-electron chi connectivity index (χ3n) is 3.41. The van der Waals surface area contributed by atoms with Crippen molar-refractivity contribution in [3.8, 4) is 0 Å². The quantitative estimate of drug-likeness (QED) is 0.810. The number of nitrogens with zero attached hydrogens (tertiary/aromatic N) is 1. The molecule has 1 atom stereocenters. The first-order chi connectivity index (χ1) is 7.90. The van der Waals surface area contributed by atoms with E-state index in [0.717, 1.165) is 5.76 Å². The molecule has 1 aliphatic rings. The molecule has 0 saturated carbocycles. The minimum atomic E-state index is -0.343. The summed E-state index contributed by atoms with van der Waals surface area (Å²) in [5.41, 5.74) is -0.254. The second kappa shape index (κ2) is 4.18. The summed E-state index contributed by atoms with van der Waals surface area (Å²) in [6, 6.07) is 3.49. The molecule has 2 heterocycles. The van der Waals surface area contributed by atoms with Gasteiger partial charge in [0.15, 0.2) is 5.76 Å². The van der Waals surface area contributed by atoms with Crippen LogP contribution in [0.2, 0.25) is 0 Å². The van der Waals surface area contributed by atoms with Gasteiger partial charge in [0, 0.05) is 18.5 Å². The van der Waals surface area contributed by atoms with Crippen molar-refractivity contribution < 1.29 is 14.3 Å². The van der Waals surface area contributed by atoms with Crippen LogP contribution in [0.15, 0.2) is 16.5 Å². The summed E-state index contributed by atoms with van der Waals surface area (Å²) >= 11 is 0. The molecule has 1 unspecified atom stereocenters. The lowest BCUT2D eigenvalue weighted by Crippen LogP contribution is -2.50. The molecule has 0 radical (unpaired) electrons. The SMILES string of the molecule is Cc1ccc(C(=O)N2CCC(O)C(C)(C)C2)o1. The minimum Gasteiger partial charge on any atom is -0.456 e. The van der Waals surface area contributed by atoms with E-state index in [4.69, 9.17) is 4.42 Å². The van der Waals surface area contributed by atoms with Crippen LogP contribution in [0.4, 0.5) is 0 Å². The molecule has 94 valence electrons. The largest absolute Gasteiger partial charge is 0.456 e. The maximum Gasteiger partial charge on any atom is 0.289 e. The molecule has 1 amide bonds. The lowest BCUT2D eigenvalue weighted by molar-refractivity contribution is -0.0191. The van der Waals surface area contributed by atoms with Gasteiger partial charge in [-0.05, 0) is 25.5 Å². The van der Waals surface area contributed by atoms with Gasteiger partial charge in [0.1, 0.15) is 5.76 Å². The summed E-state index contributed by atoms with van der Waals surface area (Å²) in [6.45, 7) is 6.92. The van der Waals surface area contributed by atoms with Crippen LogP contribution in [0.1, 0.15) is 36.6 Å². The fourth-order valence-corrected chi connectivity index (χ4v) is 2.22. The van der Waals surface area contributed by atoms with Gasteiger partial charge in [-0.1, -0.05) is 13.8 Å². The number of likely N-dealkylation sites (tertiary alicyclic amines) is 1. The van der Waals surface area contributed by atoms with Crippen LogP contribution in [-0.2, 0) is 0 Å². The molecule has 1 N–H and O–H groups in total. The number of amides is 1. The van der Waals surface area contributed by atoms with E-state index in [9.17, 15) is 9.90 Å². The molecule has 0 aromatic carbocycles. The van der Waals surface area contributed by atoms with E-state index in [-0.39, 0.29) is 17.4 Å². The van der Waals surface area contributed by atoms with Crippen molar-refractivity contribution in [2.45, 2.75) is 33.3 Å². The average Bonchev–Trinajstić information content (AvgIpc) is 2.68. The Morgan fingerprint density at radius 2 is 2.24 bits per heavy atom. The second-order valence-electron chi connectivity index (χ2n) is 5.43. The van der Waals surface area contributed by atoms with Crippen molar-refractivity contribution >= 4 is 5.91 Å². The molecular formula is C13H19NO3. The highest BCUT2D eigenvalue weighted by molar-refractivity contribution is 5.91. The van der Waals surface area contributed by atoms with Crippen LogP contribution >= 0.6 is 0 Å². The smallest absolute Gasteiger partial charge is 0.289 e. The highest BCUT2D eigenvalue weighted by Gasteiger charge is 2.37. The maximum absolute atomic E-state index is 12.2. The summed E-state index contributed by atoms with van der Waals surface area (Å²) < 4.78 is 5.34. The van der Waals surface area contributed by atoms with Crippen molar-refractivity contribution in [1.29, 1.82) is 0 Å². The van der Waals surface area contributed by atoms with E-state index < -0.39 is 0 Å². The number of aliphatic hydroxyl groups is 1. The zero-order valence-corrected chi connectivity index (χ0v) is 10.6. The van der Waals surface area contributed by atoms with Gasteiger partial charge in [-0.25, -0.2) is 0 Å². The lowest BCUT2D eigenvalue weighted by Gasteiger charge is -2.41. The highest BCUT2D eigenvalue weighted by atomic mass is 16.3. The predicted molar refractivity (Wildman–Crippen MR) is 63.8 cm³/mol. The molecule has 4 nitrogen and oxygen atoms in total. The number of aliphatic hydroxyl groups excluding tert-OH is 1. The third kappa shape index (κ3) is 2.36. The summed E-state index contributed by atoms with van der Waals surface area (Å²) in [6.07, 6.45) is 0.281. The zero-order chi connectivity index (χ0) is 12.6. The maximum atomic E-state index is 12.2. The molecule has 0 bridgehead atoms. The van der Waals surface area contributed by atoms with Gasteiger partial charge in [-0.15, -0.1) is 0 Å². The molecule has 1 fully saturated rings. The Kier molecular flexibility index (Phi) is 3.00. The van der Waals surface area contributed by atoms with Gasteiger partial charge >= 0.3 is 0 Å². The average molecular weight is 237 g/mol. The highest BCUT2D eigenvalue weighted by Crippen LogP contribution is 2.29. The Hall–Kier alpha value is -1.29. The summed E-state index contributed by atoms with van der Waals surface area (Å²) in [4.78, 5) is 13.9. The molecule has 1 saturated heterocycles. The van der Waals surface area contributed by atoms with E-state index in [0.29, 0.717) is 25.3 Å². The molecular weight excluding hydrogens is 218 g/mol. The first-order valence-corrected chi connectivity index (χ1v) is 5.94. The van der Waals surface area contributed by atoms with E-state index in [1.807, 2.05) is 20.8 Å². The van der Waals surface area contributed by atoms with E-state index in [2.05, 4.69) is 0 Å². The zero-order valence-electron chi connectivity index (χ0n) is 10.6. The number of aryl methyl sites for hydroxylation is 1. The van der Waals surface area contributed by atoms with Crippen molar-refractivity contribution in [1.82, 2.24) is 4.90 Å². The Morgan fingerprint density at radius 3 is 2.76 bits per heavy atom. The Labute approximate surface area is 101 Å². The van der Waals surface area contributed by atoms with Crippen LogP contribution in [0.3, 0.4) is 0 Å². The number of hydrogen-bond acceptors (Lipinski definition) is 3. The number of carbonyl (C=O) groups is 1. The van der Waals surface area contributed by atoms with E-state index in [1.54, 1.807) is 17.0 Å². The van der Waals surface area contributed by atoms with Gasteiger partial charge in [0.25, 0.3) is 5.91 Å². The third-order valence-corrected chi connectivity index (χ3v) is 3.41. The minimum absolute atomic E-state index is 0.0851. The van der Waals surface area contributed by atoms with E-state index >= 15 is 0 Å². The molecule has 1 aromatic rings. The van der Waals surface area contributed by atoms with Crippen molar-refractivity contribution in [2.75, 3.05) is 13.1 Å². The predicted octanol–water partition coefficient (Wildman–Crippen LogP) is 1.82. The number of furan rings is 1. The molecule has 1 aromatic heterocycles. The van der Waals surface area contributed by atoms with Crippen LogP contribution in [-0.4, -0.2) is 35.1 Å². The van der Waals surface area contributed by atoms with Gasteiger partial charge in [-0.2, -0.15) is 0 Å². The Morgan fingerprint density at radius 1 is 1.53 bits per heavy atom.